The van der Waals surface area contributed by atoms with Gasteiger partial charge in [0.2, 0.25) is 0 Å². The molecule has 3 fully saturated rings. The van der Waals surface area contributed by atoms with E-state index in [0.29, 0.717) is 12.8 Å². The molecule has 0 radical (unpaired) electrons. The van der Waals surface area contributed by atoms with E-state index in [1.54, 1.807) is 6.08 Å². The lowest BCUT2D eigenvalue weighted by molar-refractivity contribution is -0.314. The molecule has 10 atom stereocenters. The number of hydrogen-bond acceptors (Lipinski definition) is 10. The fourth-order valence-corrected chi connectivity index (χ4v) is 7.05. The van der Waals surface area contributed by atoms with Gasteiger partial charge in [0.15, 0.2) is 6.29 Å². The van der Waals surface area contributed by atoms with Crippen molar-refractivity contribution in [3.63, 3.8) is 0 Å². The van der Waals surface area contributed by atoms with Crippen LogP contribution in [0, 0.1) is 22.7 Å². The number of esters is 1. The Bertz CT molecular complexity index is 962. The molecule has 0 aromatic heterocycles. The lowest BCUT2D eigenvalue weighted by atomic mass is 9.46. The Morgan fingerprint density at radius 2 is 1.80 bits per heavy atom. The molecule has 2 aliphatic carbocycles. The molecule has 0 aromatic rings. The zero-order valence-corrected chi connectivity index (χ0v) is 23.9. The second-order valence-electron chi connectivity index (χ2n) is 12.5. The van der Waals surface area contributed by atoms with Gasteiger partial charge < -0.3 is 44.8 Å². The summed E-state index contributed by atoms with van der Waals surface area (Å²) in [5.74, 6) is -2.39. The number of ether oxygens (including phenoxy) is 3. The summed E-state index contributed by atoms with van der Waals surface area (Å²) in [6.07, 6.45) is -4.30. The predicted molar refractivity (Wildman–Crippen MR) is 143 cm³/mol. The molecule has 0 amide bonds. The first-order valence-corrected chi connectivity index (χ1v) is 14.0. The van der Waals surface area contributed by atoms with Crippen molar-refractivity contribution < 1.29 is 54.4 Å². The monoisotopic (exact) mass is 570 g/mol. The minimum absolute atomic E-state index is 0.00548. The summed E-state index contributed by atoms with van der Waals surface area (Å²) in [7, 11) is 0. The van der Waals surface area contributed by atoms with E-state index >= 15 is 0 Å². The van der Waals surface area contributed by atoms with E-state index in [9.17, 15) is 35.1 Å². The van der Waals surface area contributed by atoms with Crippen LogP contribution in [0.1, 0.15) is 66.2 Å². The van der Waals surface area contributed by atoms with Crippen molar-refractivity contribution >= 4 is 11.9 Å². The summed E-state index contributed by atoms with van der Waals surface area (Å²) >= 11 is 0. The first-order chi connectivity index (χ1) is 18.6. The summed E-state index contributed by atoms with van der Waals surface area (Å²) in [4.78, 5) is 22.4. The quantitative estimate of drug-likeness (QED) is 0.0963. The molecule has 0 spiro atoms. The maximum atomic E-state index is 11.7. The van der Waals surface area contributed by atoms with E-state index in [1.165, 1.54) is 0 Å². The fourth-order valence-electron chi connectivity index (χ4n) is 7.05. The number of carboxylic acid groups (broad SMARTS) is 1. The lowest BCUT2D eigenvalue weighted by Gasteiger charge is -2.61. The van der Waals surface area contributed by atoms with Crippen LogP contribution in [0.4, 0.5) is 0 Å². The van der Waals surface area contributed by atoms with Crippen LogP contribution in [0.15, 0.2) is 23.8 Å². The molecule has 10 unspecified atom stereocenters. The average Bonchev–Trinajstić information content (AvgIpc) is 2.87. The van der Waals surface area contributed by atoms with Gasteiger partial charge in [0.05, 0.1) is 18.8 Å². The summed E-state index contributed by atoms with van der Waals surface area (Å²) in [6.45, 7) is 12.1. The van der Waals surface area contributed by atoms with Gasteiger partial charge in [-0.25, -0.2) is 0 Å². The molecule has 228 valence electrons. The van der Waals surface area contributed by atoms with Gasteiger partial charge in [-0.1, -0.05) is 39.0 Å². The summed E-state index contributed by atoms with van der Waals surface area (Å²) in [5, 5.41) is 60.6. The van der Waals surface area contributed by atoms with Gasteiger partial charge in [0.25, 0.3) is 0 Å². The molecule has 6 N–H and O–H groups in total. The molecular weight excluding hydrogens is 524 g/mol. The van der Waals surface area contributed by atoms with Crippen molar-refractivity contribution in [1.82, 2.24) is 0 Å². The maximum absolute atomic E-state index is 11.7. The van der Waals surface area contributed by atoms with E-state index in [0.717, 1.165) is 30.4 Å². The zero-order chi connectivity index (χ0) is 30.0. The van der Waals surface area contributed by atoms with E-state index in [2.05, 4.69) is 13.5 Å². The number of allylic oxidation sites excluding steroid dienone is 1. The summed E-state index contributed by atoms with van der Waals surface area (Å²) in [6, 6.07) is 0. The van der Waals surface area contributed by atoms with Crippen molar-refractivity contribution in [3.8, 4) is 0 Å². The van der Waals surface area contributed by atoms with Crippen molar-refractivity contribution in [2.45, 2.75) is 109 Å². The first-order valence-electron chi connectivity index (χ1n) is 14.0. The van der Waals surface area contributed by atoms with E-state index in [-0.39, 0.29) is 23.9 Å². The number of carbonyl (C=O) groups excluding carboxylic acids is 1. The number of carboxylic acids is 1. The molecule has 40 heavy (non-hydrogen) atoms. The maximum Gasteiger partial charge on any atom is 0.317 e. The molecule has 1 saturated heterocycles. The van der Waals surface area contributed by atoms with Crippen molar-refractivity contribution in [1.29, 1.82) is 0 Å². The Balaban J connectivity index is 1.83. The summed E-state index contributed by atoms with van der Waals surface area (Å²) in [5.41, 5.74) is 1.24. The molecule has 3 rings (SSSR count). The Labute approximate surface area is 235 Å². The fraction of sp³-hybridized carbons (Fsp3) is 0.793. The smallest absolute Gasteiger partial charge is 0.317 e. The number of fused-ring (bicyclic) bond motifs is 1. The number of aliphatic hydroxyl groups excluding tert-OH is 5. The van der Waals surface area contributed by atoms with Crippen molar-refractivity contribution in [3.05, 3.63) is 23.8 Å². The van der Waals surface area contributed by atoms with Gasteiger partial charge >= 0.3 is 11.9 Å². The van der Waals surface area contributed by atoms with Crippen molar-refractivity contribution in [2.24, 2.45) is 22.7 Å². The van der Waals surface area contributed by atoms with Gasteiger partial charge in [0, 0.05) is 0 Å². The van der Waals surface area contributed by atoms with Crippen LogP contribution in [0.2, 0.25) is 0 Å². The van der Waals surface area contributed by atoms with E-state index in [1.807, 2.05) is 20.8 Å². The molecule has 11 nitrogen and oxygen atoms in total. The third-order valence-corrected chi connectivity index (χ3v) is 9.55. The second-order valence-corrected chi connectivity index (χ2v) is 12.5. The zero-order valence-electron chi connectivity index (χ0n) is 23.9. The molecule has 1 heterocycles. The Morgan fingerprint density at radius 1 is 1.12 bits per heavy atom. The molecule has 0 bridgehead atoms. The van der Waals surface area contributed by atoms with Crippen molar-refractivity contribution in [2.75, 3.05) is 13.2 Å². The van der Waals surface area contributed by atoms with Crippen LogP contribution in [0.5, 0.6) is 0 Å². The molecule has 2 saturated carbocycles. The molecule has 3 aliphatic rings. The highest BCUT2D eigenvalue weighted by molar-refractivity contribution is 5.90. The van der Waals surface area contributed by atoms with Gasteiger partial charge in [-0.3, -0.25) is 9.59 Å². The van der Waals surface area contributed by atoms with Gasteiger partial charge in [0.1, 0.15) is 37.4 Å². The number of carbonyl (C=O) groups is 2. The molecule has 11 heteroatoms. The third-order valence-electron chi connectivity index (χ3n) is 9.55. The minimum atomic E-state index is -1.67. The molecule has 0 aromatic carbocycles. The minimum Gasteiger partial charge on any atom is -0.481 e. The van der Waals surface area contributed by atoms with Gasteiger partial charge in [-0.2, -0.15) is 0 Å². The highest BCUT2D eigenvalue weighted by Crippen LogP contribution is 2.62. The second kappa shape index (κ2) is 13.0. The average molecular weight is 571 g/mol. The number of aliphatic carboxylic acids is 1. The highest BCUT2D eigenvalue weighted by atomic mass is 16.7. The van der Waals surface area contributed by atoms with E-state index in [4.69, 9.17) is 19.3 Å². The van der Waals surface area contributed by atoms with Crippen LogP contribution < -0.4 is 0 Å². The normalized spacial score (nSPS) is 39.9. The predicted octanol–water partition coefficient (Wildman–Crippen LogP) is 1.30. The standard InChI is InChI=1S/C29H46O11/c1-15(9-11-30)6-7-17-16(2)18(12-20-28(3,4)21(31)8-10-29(17,20)5)39-27-26(37)25(36)24(35)19(40-27)14-38-23(34)13-22(32)33/h9,17-21,24-27,30-31,35-37H,2,6-8,10-14H2,1,3-5H3,(H,32,33). The number of rotatable bonds is 10. The van der Waals surface area contributed by atoms with Crippen LogP contribution >= 0.6 is 0 Å². The number of aliphatic hydroxyl groups is 5. The SMILES string of the molecule is C=C1C(OC2OC(COC(=O)CC(=O)O)C(O)C(O)C2O)CC2C(C)(C)C(O)CCC2(C)C1CCC(C)=CCO. The van der Waals surface area contributed by atoms with Crippen LogP contribution in [0.25, 0.3) is 0 Å². The Morgan fingerprint density at radius 3 is 2.42 bits per heavy atom. The topological polar surface area (TPSA) is 183 Å². The summed E-state index contributed by atoms with van der Waals surface area (Å²) < 4.78 is 16.9. The van der Waals surface area contributed by atoms with Gasteiger partial charge in [-0.05, 0) is 67.3 Å². The highest BCUT2D eigenvalue weighted by Gasteiger charge is 2.58. The Hall–Kier alpha value is -1.86. The molecular formula is C29H46O11. The van der Waals surface area contributed by atoms with Crippen LogP contribution in [-0.4, -0.2) is 98.7 Å². The first kappa shape index (κ1) is 32.7. The number of hydrogen-bond donors (Lipinski definition) is 6. The van der Waals surface area contributed by atoms with Gasteiger partial charge in [-0.15, -0.1) is 0 Å². The lowest BCUT2D eigenvalue weighted by Crippen LogP contribution is -2.61. The van der Waals surface area contributed by atoms with Crippen LogP contribution in [-0.2, 0) is 23.8 Å². The largest absolute Gasteiger partial charge is 0.481 e. The Kier molecular flexibility index (Phi) is 10.6. The van der Waals surface area contributed by atoms with Crippen LogP contribution in [0.3, 0.4) is 0 Å². The molecule has 1 aliphatic heterocycles. The van der Waals surface area contributed by atoms with E-state index < -0.39 is 73.3 Å². The third kappa shape index (κ3) is 6.78.